The number of anilines is 2. The third kappa shape index (κ3) is 5.32. The van der Waals surface area contributed by atoms with Crippen molar-refractivity contribution in [3.05, 3.63) is 116 Å². The third-order valence-electron chi connectivity index (χ3n) is 8.78. The number of aryl methyl sites for hydroxylation is 1. The van der Waals surface area contributed by atoms with Crippen LogP contribution in [0.1, 0.15) is 57.5 Å². The molecule has 4 aromatic rings. The van der Waals surface area contributed by atoms with Gasteiger partial charge in [0.15, 0.2) is 0 Å². The second-order valence-corrected chi connectivity index (χ2v) is 12.4. The second kappa shape index (κ2) is 12.1. The maximum absolute atomic E-state index is 14.3. The van der Waals surface area contributed by atoms with Crippen LogP contribution in [0, 0.1) is 6.92 Å². The average Bonchev–Trinajstić information content (AvgIpc) is 3.46. The molecule has 1 atom stereocenters. The Bertz CT molecular complexity index is 1950. The Morgan fingerprint density at radius 2 is 1.87 bits per heavy atom. The summed E-state index contributed by atoms with van der Waals surface area (Å²) in [5.41, 5.74) is 4.29. The lowest BCUT2D eigenvalue weighted by molar-refractivity contribution is 0.0780. The molecule has 3 aliphatic rings. The van der Waals surface area contributed by atoms with E-state index in [9.17, 15) is 9.59 Å². The predicted octanol–water partition coefficient (Wildman–Crippen LogP) is 5.42. The zero-order valence-electron chi connectivity index (χ0n) is 26.0. The number of allylic oxidation sites excluding steroid dienone is 3. The molecule has 2 aromatic carbocycles. The molecule has 1 saturated heterocycles. The normalized spacial score (nSPS) is 17.5. The standard InChI is InChI=1S/C35H34ClN7O3/c1-22-7-4-9-25(17-22)43-31(39-28-10-5-8-24(36)18-27(28)34(43)44)29-11-6-16-42(29)33-30-32(37-20-38-33)41(21-40(2)35(30)45)19-23-12-14-26(46-3)15-13-23/h4-5,7-10,12-15,17,20,29H,6,11,16,18-19,21H2,1-3H3. The highest BCUT2D eigenvalue weighted by Gasteiger charge is 2.39. The minimum Gasteiger partial charge on any atom is -0.497 e. The summed E-state index contributed by atoms with van der Waals surface area (Å²) in [5, 5.41) is 0.578. The van der Waals surface area contributed by atoms with Crippen LogP contribution < -0.4 is 20.1 Å². The number of carbonyl (C=O) groups is 1. The van der Waals surface area contributed by atoms with Gasteiger partial charge in [0.05, 0.1) is 31.2 Å². The van der Waals surface area contributed by atoms with Crippen molar-refractivity contribution in [2.24, 2.45) is 0 Å². The smallest absolute Gasteiger partial charge is 0.262 e. The monoisotopic (exact) mass is 635 g/mol. The van der Waals surface area contributed by atoms with E-state index in [2.05, 4.69) is 14.8 Å². The number of amides is 1. The Labute approximate surface area is 272 Å². The number of nitrogens with zero attached hydrogens (tertiary/aromatic N) is 7. The molecule has 0 N–H and O–H groups in total. The van der Waals surface area contributed by atoms with E-state index in [1.165, 1.54) is 6.33 Å². The van der Waals surface area contributed by atoms with Gasteiger partial charge < -0.3 is 19.4 Å². The number of hydrogen-bond donors (Lipinski definition) is 0. The van der Waals surface area contributed by atoms with Crippen LogP contribution in [-0.2, 0) is 13.0 Å². The second-order valence-electron chi connectivity index (χ2n) is 11.9. The van der Waals surface area contributed by atoms with Crippen molar-refractivity contribution in [2.45, 2.75) is 38.8 Å². The summed E-state index contributed by atoms with van der Waals surface area (Å²) in [7, 11) is 3.44. The van der Waals surface area contributed by atoms with Crippen molar-refractivity contribution >= 4 is 35.2 Å². The predicted molar refractivity (Wildman–Crippen MR) is 179 cm³/mol. The van der Waals surface area contributed by atoms with Crippen molar-refractivity contribution in [1.82, 2.24) is 24.4 Å². The highest BCUT2D eigenvalue weighted by atomic mass is 35.5. The summed E-state index contributed by atoms with van der Waals surface area (Å²) in [6.07, 6.45) is 8.88. The van der Waals surface area contributed by atoms with Crippen LogP contribution in [-0.4, -0.2) is 57.7 Å². The molecule has 2 aliphatic heterocycles. The van der Waals surface area contributed by atoms with E-state index in [0.29, 0.717) is 65.5 Å². The van der Waals surface area contributed by atoms with Gasteiger partial charge in [-0.25, -0.2) is 15.0 Å². The number of carbonyl (C=O) groups excluding carboxylic acids is 1. The van der Waals surface area contributed by atoms with Crippen molar-refractivity contribution in [1.29, 1.82) is 0 Å². The summed E-state index contributed by atoms with van der Waals surface area (Å²) in [4.78, 5) is 48.5. The van der Waals surface area contributed by atoms with Gasteiger partial charge in [-0.15, -0.1) is 0 Å². The van der Waals surface area contributed by atoms with E-state index < -0.39 is 0 Å². The molecule has 1 fully saturated rings. The van der Waals surface area contributed by atoms with Crippen LogP contribution in [0.2, 0.25) is 0 Å². The van der Waals surface area contributed by atoms with Gasteiger partial charge in [-0.3, -0.25) is 14.2 Å². The van der Waals surface area contributed by atoms with Crippen molar-refractivity contribution < 1.29 is 9.53 Å². The van der Waals surface area contributed by atoms with Crippen molar-refractivity contribution in [2.75, 3.05) is 37.2 Å². The molecule has 234 valence electrons. The van der Waals surface area contributed by atoms with Gasteiger partial charge >= 0.3 is 0 Å². The molecule has 7 rings (SSSR count). The van der Waals surface area contributed by atoms with E-state index in [1.807, 2.05) is 67.6 Å². The number of ether oxygens (including phenoxy) is 1. The Morgan fingerprint density at radius 1 is 1.07 bits per heavy atom. The Hall–Kier alpha value is -4.96. The van der Waals surface area contributed by atoms with Crippen LogP contribution in [0.25, 0.3) is 11.8 Å². The molecule has 10 nitrogen and oxygen atoms in total. The summed E-state index contributed by atoms with van der Waals surface area (Å²) >= 11 is 6.45. The molecule has 0 bridgehead atoms. The largest absolute Gasteiger partial charge is 0.497 e. The summed E-state index contributed by atoms with van der Waals surface area (Å²) in [6, 6.07) is 15.4. The fourth-order valence-corrected chi connectivity index (χ4v) is 6.77. The molecule has 1 aliphatic carbocycles. The minimum atomic E-state index is -0.312. The van der Waals surface area contributed by atoms with Gasteiger partial charge in [0.2, 0.25) is 0 Å². The van der Waals surface area contributed by atoms with E-state index in [1.54, 1.807) is 29.7 Å². The molecule has 4 heterocycles. The first kappa shape index (κ1) is 29.7. The average molecular weight is 636 g/mol. The van der Waals surface area contributed by atoms with Crippen LogP contribution in [0.5, 0.6) is 5.75 Å². The number of fused-ring (bicyclic) bond motifs is 2. The lowest BCUT2D eigenvalue weighted by atomic mass is 10.1. The SMILES string of the molecule is COc1ccc(CN2CN(C)C(=O)c3c2ncnc3N2CCCC2c2nc3c(c(=O)n2-c2cccc(C)c2)CC(Cl)=CC=C3)cc1. The van der Waals surface area contributed by atoms with Crippen LogP contribution in [0.4, 0.5) is 11.6 Å². The number of aromatic nitrogens is 4. The van der Waals surface area contributed by atoms with Crippen LogP contribution in [0.3, 0.4) is 0 Å². The van der Waals surface area contributed by atoms with Gasteiger partial charge in [0.25, 0.3) is 11.5 Å². The number of benzene rings is 2. The molecule has 1 unspecified atom stereocenters. The minimum absolute atomic E-state index is 0.142. The zero-order valence-corrected chi connectivity index (χ0v) is 26.7. The first-order chi connectivity index (χ1) is 22.3. The first-order valence-electron chi connectivity index (χ1n) is 15.3. The summed E-state index contributed by atoms with van der Waals surface area (Å²) in [5.74, 6) is 2.38. The molecular formula is C35H34ClN7O3. The topological polar surface area (TPSA) is 96.7 Å². The molecule has 0 spiro atoms. The van der Waals surface area contributed by atoms with Crippen molar-refractivity contribution in [3.8, 4) is 11.4 Å². The van der Waals surface area contributed by atoms with E-state index in [4.69, 9.17) is 26.3 Å². The van der Waals surface area contributed by atoms with Gasteiger partial charge in [0.1, 0.15) is 35.1 Å². The Kier molecular flexibility index (Phi) is 7.82. The van der Waals surface area contributed by atoms with Crippen LogP contribution >= 0.6 is 11.6 Å². The first-order valence-corrected chi connectivity index (χ1v) is 15.7. The van der Waals surface area contributed by atoms with Gasteiger partial charge in [-0.05, 0) is 67.3 Å². The third-order valence-corrected chi connectivity index (χ3v) is 9.04. The Morgan fingerprint density at radius 3 is 2.65 bits per heavy atom. The van der Waals surface area contributed by atoms with E-state index in [0.717, 1.165) is 35.4 Å². The molecule has 2 aromatic heterocycles. The molecule has 11 heteroatoms. The van der Waals surface area contributed by atoms with Crippen molar-refractivity contribution in [3.63, 3.8) is 0 Å². The molecule has 1 amide bonds. The summed E-state index contributed by atoms with van der Waals surface area (Å²) in [6.45, 7) is 3.59. The van der Waals surface area contributed by atoms with E-state index >= 15 is 0 Å². The highest BCUT2D eigenvalue weighted by molar-refractivity contribution is 6.30. The lowest BCUT2D eigenvalue weighted by Gasteiger charge is -2.37. The van der Waals surface area contributed by atoms with E-state index in [-0.39, 0.29) is 17.5 Å². The van der Waals surface area contributed by atoms with Crippen LogP contribution in [0.15, 0.2) is 76.8 Å². The number of hydrogen-bond acceptors (Lipinski definition) is 8. The molecule has 0 radical (unpaired) electrons. The molecular weight excluding hydrogens is 602 g/mol. The Balaban J connectivity index is 1.34. The number of methoxy groups -OCH3 is 1. The molecule has 0 saturated carbocycles. The fourth-order valence-electron chi connectivity index (χ4n) is 6.56. The van der Waals surface area contributed by atoms with Gasteiger partial charge in [-0.1, -0.05) is 41.9 Å². The quantitative estimate of drug-likeness (QED) is 0.277. The number of halogens is 1. The fraction of sp³-hybridized carbons (Fsp3) is 0.286. The zero-order chi connectivity index (χ0) is 31.9. The molecule has 46 heavy (non-hydrogen) atoms. The van der Waals surface area contributed by atoms with Gasteiger partial charge in [0, 0.05) is 37.2 Å². The maximum Gasteiger partial charge on any atom is 0.262 e. The number of rotatable bonds is 6. The van der Waals surface area contributed by atoms with Gasteiger partial charge in [-0.2, -0.15) is 0 Å². The lowest BCUT2D eigenvalue weighted by Crippen LogP contribution is -2.46. The highest BCUT2D eigenvalue weighted by Crippen LogP contribution is 2.40. The summed E-state index contributed by atoms with van der Waals surface area (Å²) < 4.78 is 7.04. The maximum atomic E-state index is 14.3.